The van der Waals surface area contributed by atoms with E-state index in [2.05, 4.69) is 0 Å². The molecule has 118 valence electrons. The topological polar surface area (TPSA) is 83.9 Å². The molecule has 0 unspecified atom stereocenters. The third-order valence-electron chi connectivity index (χ3n) is 3.09. The number of carboxylic acid groups (broad SMARTS) is 1. The van der Waals surface area contributed by atoms with Crippen LogP contribution in [0.3, 0.4) is 0 Å². The van der Waals surface area contributed by atoms with Crippen molar-refractivity contribution >= 4 is 52.6 Å². The molecule has 0 bridgehead atoms. The van der Waals surface area contributed by atoms with Gasteiger partial charge in [0.05, 0.1) is 15.1 Å². The Morgan fingerprint density at radius 2 is 1.86 bits per heavy atom. The number of hydrogen-bond acceptors (Lipinski definition) is 4. The number of rotatable bonds is 4. The molecule has 1 N–H and O–H groups in total. The smallest absolute Gasteiger partial charge is 0.326 e. The summed E-state index contributed by atoms with van der Waals surface area (Å²) in [5.41, 5.74) is 0. The summed E-state index contributed by atoms with van der Waals surface area (Å²) >= 11 is 17.5. The van der Waals surface area contributed by atoms with E-state index in [1.807, 2.05) is 0 Å². The van der Waals surface area contributed by atoms with Crippen molar-refractivity contribution in [2.75, 3.05) is 6.61 Å². The maximum atomic E-state index is 12.0. The van der Waals surface area contributed by atoms with Gasteiger partial charge in [0.1, 0.15) is 11.8 Å². The van der Waals surface area contributed by atoms with Gasteiger partial charge in [-0.2, -0.15) is 0 Å². The zero-order valence-corrected chi connectivity index (χ0v) is 13.3. The summed E-state index contributed by atoms with van der Waals surface area (Å²) < 4.78 is 5.21. The van der Waals surface area contributed by atoms with Gasteiger partial charge in [0, 0.05) is 12.5 Å². The van der Waals surface area contributed by atoms with Gasteiger partial charge in [-0.15, -0.1) is 0 Å². The lowest BCUT2D eigenvalue weighted by molar-refractivity contribution is -0.154. The van der Waals surface area contributed by atoms with Crippen molar-refractivity contribution in [3.8, 4) is 5.75 Å². The first-order valence-electron chi connectivity index (χ1n) is 6.16. The van der Waals surface area contributed by atoms with Gasteiger partial charge < -0.3 is 9.84 Å². The zero-order valence-electron chi connectivity index (χ0n) is 11.0. The standard InChI is InChI=1S/C13H10Cl3NO5/c14-6-3-8(16)10(4-7(6)15)22-5-12(19)17-9(13(20)21)1-2-11(17)18/h3-4,9H,1-2,5H2,(H,20,21)/t9-/m1/s1. The first-order valence-corrected chi connectivity index (χ1v) is 7.29. The van der Waals surface area contributed by atoms with Crippen molar-refractivity contribution < 1.29 is 24.2 Å². The number of aliphatic carboxylic acids is 1. The molecule has 1 aliphatic heterocycles. The Balaban J connectivity index is 2.08. The van der Waals surface area contributed by atoms with Crippen molar-refractivity contribution in [2.45, 2.75) is 18.9 Å². The number of likely N-dealkylation sites (tertiary alicyclic amines) is 1. The van der Waals surface area contributed by atoms with Gasteiger partial charge in [0.2, 0.25) is 5.91 Å². The Bertz CT molecular complexity index is 649. The van der Waals surface area contributed by atoms with Crippen LogP contribution in [0.1, 0.15) is 12.8 Å². The second-order valence-corrected chi connectivity index (χ2v) is 5.76. The summed E-state index contributed by atoms with van der Waals surface area (Å²) in [6, 6.07) is 1.53. The first-order chi connectivity index (χ1) is 10.3. The molecule has 1 atom stereocenters. The zero-order chi connectivity index (χ0) is 16.4. The summed E-state index contributed by atoms with van der Waals surface area (Å²) in [6.07, 6.45) is 0.101. The van der Waals surface area contributed by atoms with E-state index in [1.165, 1.54) is 12.1 Å². The lowest BCUT2D eigenvalue weighted by Crippen LogP contribution is -2.45. The van der Waals surface area contributed by atoms with Crippen LogP contribution in [0.4, 0.5) is 0 Å². The number of carboxylic acids is 1. The Morgan fingerprint density at radius 1 is 1.23 bits per heavy atom. The SMILES string of the molecule is O=C(O)[C@H]1CCC(=O)N1C(=O)COc1cc(Cl)c(Cl)cc1Cl. The Morgan fingerprint density at radius 3 is 2.50 bits per heavy atom. The fraction of sp³-hybridized carbons (Fsp3) is 0.308. The van der Waals surface area contributed by atoms with Crippen molar-refractivity contribution in [3.63, 3.8) is 0 Å². The monoisotopic (exact) mass is 365 g/mol. The number of carbonyl (C=O) groups excluding carboxylic acids is 2. The fourth-order valence-corrected chi connectivity index (χ4v) is 2.65. The van der Waals surface area contributed by atoms with Crippen LogP contribution >= 0.6 is 34.8 Å². The highest BCUT2D eigenvalue weighted by Crippen LogP contribution is 2.34. The molecule has 9 heteroatoms. The van der Waals surface area contributed by atoms with E-state index in [0.717, 1.165) is 0 Å². The average molecular weight is 367 g/mol. The molecule has 0 spiro atoms. The predicted octanol–water partition coefficient (Wildman–Crippen LogP) is 2.63. The van der Waals surface area contributed by atoms with Gasteiger partial charge in [0.25, 0.3) is 5.91 Å². The van der Waals surface area contributed by atoms with E-state index in [-0.39, 0.29) is 33.7 Å². The van der Waals surface area contributed by atoms with E-state index < -0.39 is 30.4 Å². The van der Waals surface area contributed by atoms with Gasteiger partial charge in [0.15, 0.2) is 6.61 Å². The van der Waals surface area contributed by atoms with Gasteiger partial charge in [-0.25, -0.2) is 4.79 Å². The van der Waals surface area contributed by atoms with Crippen LogP contribution in [-0.4, -0.2) is 40.4 Å². The molecule has 1 aliphatic rings. The summed E-state index contributed by atoms with van der Waals surface area (Å²) in [4.78, 5) is 35.4. The van der Waals surface area contributed by atoms with E-state index >= 15 is 0 Å². The number of amides is 2. The van der Waals surface area contributed by atoms with Crippen molar-refractivity contribution in [1.82, 2.24) is 4.90 Å². The highest BCUT2D eigenvalue weighted by molar-refractivity contribution is 6.43. The highest BCUT2D eigenvalue weighted by atomic mass is 35.5. The molecular weight excluding hydrogens is 357 g/mol. The Hall–Kier alpha value is -1.50. The minimum Gasteiger partial charge on any atom is -0.482 e. The van der Waals surface area contributed by atoms with Crippen LogP contribution in [-0.2, 0) is 14.4 Å². The Labute approximate surface area is 140 Å². The van der Waals surface area contributed by atoms with Crippen LogP contribution in [0.25, 0.3) is 0 Å². The number of halogens is 3. The van der Waals surface area contributed by atoms with E-state index in [4.69, 9.17) is 44.6 Å². The van der Waals surface area contributed by atoms with E-state index in [9.17, 15) is 14.4 Å². The molecule has 1 fully saturated rings. The maximum Gasteiger partial charge on any atom is 0.326 e. The maximum absolute atomic E-state index is 12.0. The molecule has 1 saturated heterocycles. The second-order valence-electron chi connectivity index (χ2n) is 4.54. The quantitative estimate of drug-likeness (QED) is 0.828. The fourth-order valence-electron chi connectivity index (χ4n) is 2.05. The molecule has 1 heterocycles. The molecule has 1 aromatic carbocycles. The van der Waals surface area contributed by atoms with E-state index in [0.29, 0.717) is 4.90 Å². The second kappa shape index (κ2) is 6.73. The van der Waals surface area contributed by atoms with Crippen LogP contribution in [0.2, 0.25) is 15.1 Å². The average Bonchev–Trinajstić information content (AvgIpc) is 2.83. The molecule has 0 aliphatic carbocycles. The summed E-state index contributed by atoms with van der Waals surface area (Å²) in [5.74, 6) is -2.41. The molecular formula is C13H10Cl3NO5. The van der Waals surface area contributed by atoms with E-state index in [1.54, 1.807) is 0 Å². The van der Waals surface area contributed by atoms with Crippen LogP contribution < -0.4 is 4.74 Å². The number of hydrogen-bond donors (Lipinski definition) is 1. The molecule has 2 rings (SSSR count). The van der Waals surface area contributed by atoms with Crippen LogP contribution in [0, 0.1) is 0 Å². The molecule has 0 aromatic heterocycles. The third kappa shape index (κ3) is 3.45. The summed E-state index contributed by atoms with van der Waals surface area (Å²) in [5, 5.41) is 9.57. The summed E-state index contributed by atoms with van der Waals surface area (Å²) in [6.45, 7) is -0.535. The van der Waals surface area contributed by atoms with Crippen molar-refractivity contribution in [3.05, 3.63) is 27.2 Å². The largest absolute Gasteiger partial charge is 0.482 e. The lowest BCUT2D eigenvalue weighted by atomic mass is 10.2. The van der Waals surface area contributed by atoms with Crippen molar-refractivity contribution in [1.29, 1.82) is 0 Å². The Kier molecular flexibility index (Phi) is 5.16. The first kappa shape index (κ1) is 16.9. The molecule has 22 heavy (non-hydrogen) atoms. The minimum absolute atomic E-state index is 0.0102. The molecule has 0 radical (unpaired) electrons. The number of nitrogens with zero attached hydrogens (tertiary/aromatic N) is 1. The predicted molar refractivity (Wildman–Crippen MR) is 79.5 cm³/mol. The molecule has 6 nitrogen and oxygen atoms in total. The highest BCUT2D eigenvalue weighted by Gasteiger charge is 2.40. The van der Waals surface area contributed by atoms with Gasteiger partial charge >= 0.3 is 5.97 Å². The normalized spacial score (nSPS) is 17.7. The van der Waals surface area contributed by atoms with Gasteiger partial charge in [-0.1, -0.05) is 34.8 Å². The molecule has 2 amide bonds. The number of ether oxygens (including phenoxy) is 1. The van der Waals surface area contributed by atoms with Crippen LogP contribution in [0.15, 0.2) is 12.1 Å². The minimum atomic E-state index is -1.23. The molecule has 0 saturated carbocycles. The van der Waals surface area contributed by atoms with Crippen LogP contribution in [0.5, 0.6) is 5.75 Å². The number of carbonyl (C=O) groups is 3. The number of benzene rings is 1. The molecule has 1 aromatic rings. The third-order valence-corrected chi connectivity index (χ3v) is 4.11. The van der Waals surface area contributed by atoms with Gasteiger partial charge in [-0.05, 0) is 12.5 Å². The number of imide groups is 1. The van der Waals surface area contributed by atoms with Gasteiger partial charge in [-0.3, -0.25) is 14.5 Å². The van der Waals surface area contributed by atoms with Crippen molar-refractivity contribution in [2.24, 2.45) is 0 Å². The summed E-state index contributed by atoms with van der Waals surface area (Å²) in [7, 11) is 0. The lowest BCUT2D eigenvalue weighted by Gasteiger charge is -2.19.